The zero-order chi connectivity index (χ0) is 42.6. The highest BCUT2D eigenvalue weighted by atomic mass is 16.7. The molecule has 0 bridgehead atoms. The molecule has 57 heavy (non-hydrogen) atoms. The molecule has 6 unspecified atom stereocenters. The van der Waals surface area contributed by atoms with Gasteiger partial charge in [0.1, 0.15) is 36.9 Å². The first-order valence-electron chi connectivity index (χ1n) is 19.2. The Hall–Kier alpha value is -4.08. The second-order valence-electron chi connectivity index (χ2n) is 14.0. The monoisotopic (exact) mass is 802 g/mol. The molecule has 0 aliphatic heterocycles. The summed E-state index contributed by atoms with van der Waals surface area (Å²) in [6, 6.07) is 14.7. The van der Waals surface area contributed by atoms with E-state index in [0.29, 0.717) is 44.2 Å². The first kappa shape index (κ1) is 50.9. The van der Waals surface area contributed by atoms with E-state index in [9.17, 15) is 9.59 Å². The molecule has 0 radical (unpaired) electrons. The summed E-state index contributed by atoms with van der Waals surface area (Å²) in [4.78, 5) is 30.4. The van der Waals surface area contributed by atoms with Crippen LogP contribution >= 0.6 is 0 Å². The van der Waals surface area contributed by atoms with Gasteiger partial charge in [0, 0.05) is 12.2 Å². The van der Waals surface area contributed by atoms with Crippen molar-refractivity contribution in [3.8, 4) is 11.5 Å². The minimum absolute atomic E-state index is 0.129. The third-order valence-corrected chi connectivity index (χ3v) is 7.94. The number of rotatable bonds is 28. The molecule has 0 fully saturated rings. The molecular weight excluding hydrogens is 734 g/mol. The van der Waals surface area contributed by atoms with Crippen molar-refractivity contribution in [1.29, 1.82) is 0 Å². The van der Waals surface area contributed by atoms with Gasteiger partial charge in [0.25, 0.3) is 0 Å². The lowest BCUT2D eigenvalue weighted by molar-refractivity contribution is -1.08. The highest BCUT2D eigenvalue weighted by Crippen LogP contribution is 2.14. The summed E-state index contributed by atoms with van der Waals surface area (Å²) in [7, 11) is 7.14. The second-order valence-corrected chi connectivity index (χ2v) is 14.0. The first-order chi connectivity index (χ1) is 27.2. The summed E-state index contributed by atoms with van der Waals surface area (Å²) in [5.41, 5.74) is 1.74. The third-order valence-electron chi connectivity index (χ3n) is 7.94. The lowest BCUT2D eigenvalue weighted by Gasteiger charge is -2.28. The van der Waals surface area contributed by atoms with Crippen molar-refractivity contribution in [2.45, 2.75) is 78.2 Å². The molecule has 0 spiro atoms. The summed E-state index contributed by atoms with van der Waals surface area (Å²) in [6.45, 7) is 20.5. The van der Waals surface area contributed by atoms with E-state index < -0.39 is 24.1 Å². The molecule has 0 saturated heterocycles. The van der Waals surface area contributed by atoms with Crippen LogP contribution in [0.25, 0.3) is 12.2 Å². The predicted molar refractivity (Wildman–Crippen MR) is 222 cm³/mol. The van der Waals surface area contributed by atoms with E-state index in [-0.39, 0.29) is 37.6 Å². The highest BCUT2D eigenvalue weighted by Gasteiger charge is 2.20. The van der Waals surface area contributed by atoms with Crippen molar-refractivity contribution in [2.24, 2.45) is 0 Å². The highest BCUT2D eigenvalue weighted by molar-refractivity contribution is 5.87. The van der Waals surface area contributed by atoms with Gasteiger partial charge in [-0.1, -0.05) is 24.3 Å². The van der Waals surface area contributed by atoms with E-state index in [4.69, 9.17) is 47.5 Å². The summed E-state index contributed by atoms with van der Waals surface area (Å²) in [5.74, 6) is 0.624. The molecule has 0 saturated carbocycles. The number of quaternary nitrogens is 1. The lowest BCUT2D eigenvalue weighted by atomic mass is 10.2. The Morgan fingerprint density at radius 2 is 0.912 bits per heavy atom. The number of hydrogen-bond acceptors (Lipinski definition) is 12. The molecule has 0 heterocycles. The van der Waals surface area contributed by atoms with Crippen molar-refractivity contribution in [2.75, 3.05) is 81.1 Å². The number of ether oxygens (including phenoxy) is 9. The van der Waals surface area contributed by atoms with E-state index in [0.717, 1.165) is 22.6 Å². The number of carbonyl (C=O) groups excluding carboxylic acids is 2. The molecule has 0 N–H and O–H groups in total. The maximum absolute atomic E-state index is 12.2. The van der Waals surface area contributed by atoms with Crippen LogP contribution in [0.2, 0.25) is 0 Å². The Morgan fingerprint density at radius 3 is 1.30 bits per heavy atom. The molecule has 0 aliphatic carbocycles. The number of likely N-dealkylation sites (N-methyl/N-ethyl adjacent to an activating group) is 1. The molecule has 6 atom stereocenters. The van der Waals surface area contributed by atoms with Gasteiger partial charge in [-0.2, -0.15) is 4.65 Å². The number of carbonyl (C=O) groups is 2. The van der Waals surface area contributed by atoms with Crippen LogP contribution in [0.4, 0.5) is 0 Å². The fraction of sp³-hybridized carbons (Fsp3) is 0.545. The topological polar surface area (TPSA) is 126 Å². The van der Waals surface area contributed by atoms with E-state index in [1.54, 1.807) is 40.2 Å². The minimum Gasteiger partial charge on any atom is -0.497 e. The predicted octanol–water partition coefficient (Wildman–Crippen LogP) is 6.74. The van der Waals surface area contributed by atoms with Crippen LogP contribution < -0.4 is 9.47 Å². The largest absolute Gasteiger partial charge is 0.497 e. The van der Waals surface area contributed by atoms with E-state index >= 15 is 0 Å². The average molecular weight is 803 g/mol. The molecule has 2 aromatic rings. The first-order valence-corrected chi connectivity index (χ1v) is 19.2. The molecule has 13 heteroatoms. The van der Waals surface area contributed by atoms with Crippen molar-refractivity contribution in [1.82, 2.24) is 0 Å². The van der Waals surface area contributed by atoms with Gasteiger partial charge in [-0.05, 0) is 89.1 Å². The van der Waals surface area contributed by atoms with Crippen LogP contribution in [0.15, 0.2) is 73.8 Å². The van der Waals surface area contributed by atoms with Gasteiger partial charge in [-0.25, -0.2) is 14.4 Å². The zero-order valence-electron chi connectivity index (χ0n) is 35.8. The van der Waals surface area contributed by atoms with Crippen molar-refractivity contribution < 1.29 is 61.7 Å². The van der Waals surface area contributed by atoms with Crippen molar-refractivity contribution in [3.05, 3.63) is 85.0 Å². The Labute approximate surface area is 340 Å². The van der Waals surface area contributed by atoms with Gasteiger partial charge in [-0.15, -0.1) is 13.2 Å². The molecule has 320 valence electrons. The maximum Gasteiger partial charge on any atom is 0.331 e. The summed E-state index contributed by atoms with van der Waals surface area (Å²) >= 11 is 0. The number of esters is 2. The SMILES string of the molecule is C=C.COc1ccc(/C=C/C(=O)OC(C)COC(C)COC(C)COCC[N+](C)(C)OCC(C)OCC(C)OCC(C)OC(=O)/C=C/c2ccc(OC)cc2)cc1. The summed E-state index contributed by atoms with van der Waals surface area (Å²) < 4.78 is 50.7. The standard InChI is InChI=1S/C42H64NO12.C2H4/c1-31(49-26-32(2)51-28-35(5)54-41(44)21-15-37-11-17-39(46-9)18-12-37)25-48-24-23-43(7,8)53-30-34(4)50-27-33(3)52-29-36(6)55-42(45)22-16-38-13-19-40(47-10)20-14-38;1-2/h11-22,31-36H,23-30H2,1-10H3;1-2H2/q+1;/b21-15+,22-16+;. The van der Waals surface area contributed by atoms with Gasteiger partial charge in [0.15, 0.2) is 0 Å². The molecule has 0 aliphatic rings. The number of hydrogen-bond donors (Lipinski definition) is 0. The molecular formula is C44H68NO12+. The van der Waals surface area contributed by atoms with Crippen LogP contribution in [0.3, 0.4) is 0 Å². The van der Waals surface area contributed by atoms with Gasteiger partial charge in [-0.3, -0.25) is 0 Å². The Bertz CT molecular complexity index is 1430. The summed E-state index contributed by atoms with van der Waals surface area (Å²) in [5, 5.41) is 0. The summed E-state index contributed by atoms with van der Waals surface area (Å²) in [6.07, 6.45) is 4.68. The van der Waals surface area contributed by atoms with Gasteiger partial charge in [0.05, 0.1) is 92.4 Å². The number of benzene rings is 2. The Kier molecular flexibility index (Phi) is 26.1. The average Bonchev–Trinajstić information content (AvgIpc) is 3.21. The normalized spacial score (nSPS) is 14.8. The number of hydroxylamine groups is 3. The van der Waals surface area contributed by atoms with Crippen LogP contribution in [-0.2, 0) is 47.6 Å². The molecule has 0 amide bonds. The van der Waals surface area contributed by atoms with Gasteiger partial charge >= 0.3 is 11.9 Å². The van der Waals surface area contributed by atoms with E-state index in [2.05, 4.69) is 13.2 Å². The Balaban J connectivity index is 0.00000799. The molecule has 13 nitrogen and oxygen atoms in total. The number of nitrogens with zero attached hydrogens (tertiary/aromatic N) is 1. The third kappa shape index (κ3) is 25.0. The lowest BCUT2D eigenvalue weighted by Crippen LogP contribution is -2.44. The van der Waals surface area contributed by atoms with Crippen molar-refractivity contribution >= 4 is 24.1 Å². The van der Waals surface area contributed by atoms with Crippen LogP contribution in [-0.4, -0.2) is 134 Å². The fourth-order valence-corrected chi connectivity index (χ4v) is 4.60. The molecule has 2 aromatic carbocycles. The Morgan fingerprint density at radius 1 is 0.561 bits per heavy atom. The minimum atomic E-state index is -0.438. The fourth-order valence-electron chi connectivity index (χ4n) is 4.60. The number of methoxy groups -OCH3 is 2. The second kappa shape index (κ2) is 29.2. The van der Waals surface area contributed by atoms with Crippen LogP contribution in [0, 0.1) is 0 Å². The molecule has 0 aromatic heterocycles. The van der Waals surface area contributed by atoms with Gasteiger partial charge in [0.2, 0.25) is 0 Å². The van der Waals surface area contributed by atoms with Gasteiger partial charge < -0.3 is 42.6 Å². The zero-order valence-corrected chi connectivity index (χ0v) is 35.8. The quantitative estimate of drug-likeness (QED) is 0.0226. The van der Waals surface area contributed by atoms with Crippen molar-refractivity contribution in [3.63, 3.8) is 0 Å². The van der Waals surface area contributed by atoms with Crippen LogP contribution in [0.1, 0.15) is 52.7 Å². The molecule has 2 rings (SSSR count). The smallest absolute Gasteiger partial charge is 0.331 e. The maximum atomic E-state index is 12.2. The van der Waals surface area contributed by atoms with E-state index in [1.165, 1.54) is 12.2 Å². The van der Waals surface area contributed by atoms with E-state index in [1.807, 2.05) is 90.3 Å². The van der Waals surface area contributed by atoms with Crippen LogP contribution in [0.5, 0.6) is 11.5 Å².